The van der Waals surface area contributed by atoms with Crippen molar-refractivity contribution in [1.82, 2.24) is 4.98 Å². The topological polar surface area (TPSA) is 38.9 Å². The van der Waals surface area contributed by atoms with Crippen LogP contribution < -0.4 is 5.73 Å². The molecule has 0 aromatic carbocycles. The molecule has 0 aliphatic rings. The lowest BCUT2D eigenvalue weighted by molar-refractivity contribution is 0.474. The zero-order chi connectivity index (χ0) is 9.90. The highest BCUT2D eigenvalue weighted by Gasteiger charge is 2.11. The Bertz CT molecular complexity index is 278. The minimum atomic E-state index is -0.114. The molecule has 0 fully saturated rings. The van der Waals surface area contributed by atoms with Crippen LogP contribution in [-0.4, -0.2) is 10.5 Å². The Balaban J connectivity index is 2.60. The summed E-state index contributed by atoms with van der Waals surface area (Å²) in [5.41, 5.74) is 6.86. The number of aromatic nitrogens is 1. The monoisotopic (exact) mass is 242 g/mol. The quantitative estimate of drug-likeness (QED) is 0.885. The van der Waals surface area contributed by atoms with Crippen LogP contribution in [0.2, 0.25) is 0 Å². The minimum absolute atomic E-state index is 0.114. The third kappa shape index (κ3) is 3.87. The zero-order valence-corrected chi connectivity index (χ0v) is 9.63. The highest BCUT2D eigenvalue weighted by atomic mass is 79.9. The van der Waals surface area contributed by atoms with Crippen LogP contribution in [0.15, 0.2) is 22.8 Å². The maximum Gasteiger partial charge on any atom is 0.0546 e. The smallest absolute Gasteiger partial charge is 0.0546 e. The molecule has 1 rings (SSSR count). The first-order chi connectivity index (χ1) is 5.99. The third-order valence-electron chi connectivity index (χ3n) is 1.84. The Hall–Kier alpha value is -0.410. The van der Waals surface area contributed by atoms with E-state index >= 15 is 0 Å². The summed E-state index contributed by atoms with van der Waals surface area (Å²) in [5.74, 6) is 0. The summed E-state index contributed by atoms with van der Waals surface area (Å²) in [7, 11) is 0. The van der Waals surface area contributed by atoms with Crippen LogP contribution >= 0.6 is 15.9 Å². The summed E-state index contributed by atoms with van der Waals surface area (Å²) >= 11 is 3.46. The first-order valence-electron chi connectivity index (χ1n) is 4.37. The fourth-order valence-corrected chi connectivity index (χ4v) is 1.50. The lowest BCUT2D eigenvalue weighted by Gasteiger charge is -2.17. The summed E-state index contributed by atoms with van der Waals surface area (Å²) in [6, 6.07) is 3.92. The zero-order valence-electron chi connectivity index (χ0n) is 8.05. The van der Waals surface area contributed by atoms with Gasteiger partial charge in [0.15, 0.2) is 0 Å². The molecule has 0 bridgehead atoms. The maximum atomic E-state index is 5.89. The van der Waals surface area contributed by atoms with Crippen molar-refractivity contribution >= 4 is 15.9 Å². The molecule has 0 aliphatic carbocycles. The van der Waals surface area contributed by atoms with Crippen LogP contribution in [0, 0.1) is 0 Å². The molecule has 0 atom stereocenters. The molecule has 0 saturated carbocycles. The predicted octanol–water partition coefficient (Wildman–Crippen LogP) is 2.51. The summed E-state index contributed by atoms with van der Waals surface area (Å²) in [6.45, 7) is 4.06. The Morgan fingerprint density at radius 2 is 2.23 bits per heavy atom. The van der Waals surface area contributed by atoms with E-state index in [9.17, 15) is 0 Å². The van der Waals surface area contributed by atoms with E-state index in [0.29, 0.717) is 0 Å². The molecule has 0 amide bonds. The van der Waals surface area contributed by atoms with Crippen LogP contribution in [0.1, 0.15) is 26.0 Å². The average molecular weight is 243 g/mol. The Morgan fingerprint density at radius 3 is 2.77 bits per heavy atom. The highest BCUT2D eigenvalue weighted by Crippen LogP contribution is 2.17. The normalized spacial score (nSPS) is 11.7. The number of nitrogens with zero attached hydrogens (tertiary/aromatic N) is 1. The minimum Gasteiger partial charge on any atom is -0.326 e. The molecule has 1 aromatic rings. The number of hydrogen-bond donors (Lipinski definition) is 1. The summed E-state index contributed by atoms with van der Waals surface area (Å²) in [6.07, 6.45) is 3.68. The molecular formula is C10H15BrN2. The molecule has 0 radical (unpaired) electrons. The van der Waals surface area contributed by atoms with E-state index in [1.807, 2.05) is 32.2 Å². The van der Waals surface area contributed by atoms with Crippen LogP contribution in [0.3, 0.4) is 0 Å². The predicted molar refractivity (Wildman–Crippen MR) is 58.5 cm³/mol. The average Bonchev–Trinajstić information content (AvgIpc) is 2.01. The van der Waals surface area contributed by atoms with Crippen molar-refractivity contribution in [3.05, 3.63) is 28.5 Å². The summed E-state index contributed by atoms with van der Waals surface area (Å²) < 4.78 is 1.07. The van der Waals surface area contributed by atoms with Gasteiger partial charge in [-0.15, -0.1) is 0 Å². The summed E-state index contributed by atoms with van der Waals surface area (Å²) in [4.78, 5) is 4.28. The molecule has 72 valence electrons. The van der Waals surface area contributed by atoms with E-state index in [1.54, 1.807) is 0 Å². The van der Waals surface area contributed by atoms with E-state index < -0.39 is 0 Å². The van der Waals surface area contributed by atoms with Crippen LogP contribution in [-0.2, 0) is 6.42 Å². The first-order valence-corrected chi connectivity index (χ1v) is 5.16. The van der Waals surface area contributed by atoms with Gasteiger partial charge in [0.2, 0.25) is 0 Å². The SMILES string of the molecule is CC(C)(N)CCc1ncccc1Br. The molecule has 0 spiro atoms. The highest BCUT2D eigenvalue weighted by molar-refractivity contribution is 9.10. The maximum absolute atomic E-state index is 5.89. The van der Waals surface area contributed by atoms with Gasteiger partial charge in [0.05, 0.1) is 5.69 Å². The number of pyridine rings is 1. The molecule has 1 aromatic heterocycles. The standard InChI is InChI=1S/C10H15BrN2/c1-10(2,12)6-5-9-8(11)4-3-7-13-9/h3-4,7H,5-6,12H2,1-2H3. The van der Waals surface area contributed by atoms with Gasteiger partial charge in [-0.05, 0) is 54.8 Å². The van der Waals surface area contributed by atoms with Crippen molar-refractivity contribution < 1.29 is 0 Å². The number of rotatable bonds is 3. The molecule has 0 aliphatic heterocycles. The second-order valence-electron chi connectivity index (χ2n) is 3.92. The van der Waals surface area contributed by atoms with Crippen LogP contribution in [0.25, 0.3) is 0 Å². The molecule has 2 N–H and O–H groups in total. The molecule has 3 heteroatoms. The van der Waals surface area contributed by atoms with Gasteiger partial charge in [-0.3, -0.25) is 4.98 Å². The molecule has 13 heavy (non-hydrogen) atoms. The summed E-state index contributed by atoms with van der Waals surface area (Å²) in [5, 5.41) is 0. The lowest BCUT2D eigenvalue weighted by Crippen LogP contribution is -2.32. The fraction of sp³-hybridized carbons (Fsp3) is 0.500. The van der Waals surface area contributed by atoms with Gasteiger partial charge in [0.1, 0.15) is 0 Å². The second-order valence-corrected chi connectivity index (χ2v) is 4.77. The molecule has 0 saturated heterocycles. The fourth-order valence-electron chi connectivity index (χ4n) is 1.04. The van der Waals surface area contributed by atoms with Gasteiger partial charge in [-0.2, -0.15) is 0 Å². The van der Waals surface area contributed by atoms with Crippen LogP contribution in [0.5, 0.6) is 0 Å². The van der Waals surface area contributed by atoms with E-state index in [1.165, 1.54) is 0 Å². The Kier molecular flexibility index (Phi) is 3.45. The van der Waals surface area contributed by atoms with Gasteiger partial charge in [0.25, 0.3) is 0 Å². The van der Waals surface area contributed by atoms with Crippen LogP contribution in [0.4, 0.5) is 0 Å². The molecule has 2 nitrogen and oxygen atoms in total. The number of aryl methyl sites for hydroxylation is 1. The molecule has 1 heterocycles. The lowest BCUT2D eigenvalue weighted by atomic mass is 9.99. The van der Waals surface area contributed by atoms with Crippen molar-refractivity contribution in [2.24, 2.45) is 5.73 Å². The number of halogens is 1. The first kappa shape index (κ1) is 10.7. The largest absolute Gasteiger partial charge is 0.326 e. The number of nitrogens with two attached hydrogens (primary N) is 1. The van der Waals surface area contributed by atoms with Crippen molar-refractivity contribution in [1.29, 1.82) is 0 Å². The third-order valence-corrected chi connectivity index (χ3v) is 2.56. The van der Waals surface area contributed by atoms with Crippen molar-refractivity contribution in [2.45, 2.75) is 32.2 Å². The van der Waals surface area contributed by atoms with Gasteiger partial charge >= 0.3 is 0 Å². The Morgan fingerprint density at radius 1 is 1.54 bits per heavy atom. The Labute approximate surface area is 87.7 Å². The van der Waals surface area contributed by atoms with Crippen molar-refractivity contribution in [3.63, 3.8) is 0 Å². The van der Waals surface area contributed by atoms with E-state index in [4.69, 9.17) is 5.73 Å². The van der Waals surface area contributed by atoms with E-state index in [-0.39, 0.29) is 5.54 Å². The van der Waals surface area contributed by atoms with Gasteiger partial charge < -0.3 is 5.73 Å². The molecule has 0 unspecified atom stereocenters. The van der Waals surface area contributed by atoms with Crippen molar-refractivity contribution in [2.75, 3.05) is 0 Å². The molecular weight excluding hydrogens is 228 g/mol. The van der Waals surface area contributed by atoms with Gasteiger partial charge in [-0.25, -0.2) is 0 Å². The van der Waals surface area contributed by atoms with Gasteiger partial charge in [-0.1, -0.05) is 0 Å². The number of hydrogen-bond acceptors (Lipinski definition) is 2. The van der Waals surface area contributed by atoms with Gasteiger partial charge in [0, 0.05) is 16.2 Å². The van der Waals surface area contributed by atoms with Crippen molar-refractivity contribution in [3.8, 4) is 0 Å². The second kappa shape index (κ2) is 4.20. The van der Waals surface area contributed by atoms with E-state index in [0.717, 1.165) is 23.0 Å². The van der Waals surface area contributed by atoms with E-state index in [2.05, 4.69) is 20.9 Å².